The topological polar surface area (TPSA) is 139 Å². The maximum atomic E-state index is 11.4. The molecule has 0 aromatic carbocycles. The second kappa shape index (κ2) is 9.01. The Labute approximate surface area is 131 Å². The number of carboxylic acid groups (broad SMARTS) is 1. The molecular weight excluding hydrogens is 308 g/mol. The molecular formula is C14H20N2O7. The summed E-state index contributed by atoms with van der Waals surface area (Å²) in [6.45, 7) is 1.33. The van der Waals surface area contributed by atoms with Crippen molar-refractivity contribution in [2.24, 2.45) is 0 Å². The van der Waals surface area contributed by atoms with Gasteiger partial charge in [0.1, 0.15) is 12.0 Å². The van der Waals surface area contributed by atoms with Gasteiger partial charge in [-0.3, -0.25) is 19.1 Å². The number of ketones is 1. The van der Waals surface area contributed by atoms with Gasteiger partial charge < -0.3 is 19.7 Å². The van der Waals surface area contributed by atoms with E-state index in [1.165, 1.54) is 23.8 Å². The Morgan fingerprint density at radius 2 is 2.04 bits per heavy atom. The highest BCUT2D eigenvalue weighted by Gasteiger charge is 2.26. The molecule has 1 fully saturated rings. The Balaban J connectivity index is 0.000000284. The Bertz CT molecular complexity index is 635. The van der Waals surface area contributed by atoms with Gasteiger partial charge in [0.05, 0.1) is 19.1 Å². The molecule has 9 nitrogen and oxygen atoms in total. The number of carbonyl (C=O) groups is 2. The van der Waals surface area contributed by atoms with E-state index < -0.39 is 17.2 Å². The number of Topliss-reactive ketones (excluding diaryl/α,β-unsaturated/α-hetero) is 1. The third-order valence-electron chi connectivity index (χ3n) is 3.14. The predicted octanol–water partition coefficient (Wildman–Crippen LogP) is -0.353. The number of carboxylic acids is 1. The third kappa shape index (κ3) is 6.57. The van der Waals surface area contributed by atoms with Crippen LogP contribution in [0, 0.1) is 0 Å². The minimum atomic E-state index is -0.916. The molecule has 128 valence electrons. The molecule has 2 atom stereocenters. The molecule has 0 amide bonds. The van der Waals surface area contributed by atoms with Gasteiger partial charge in [0.25, 0.3) is 5.56 Å². The van der Waals surface area contributed by atoms with Crippen molar-refractivity contribution in [1.82, 2.24) is 9.55 Å². The molecule has 1 aliphatic heterocycles. The minimum absolute atomic E-state index is 0.0463. The Morgan fingerprint density at radius 1 is 1.35 bits per heavy atom. The molecule has 1 saturated heterocycles. The first-order valence-electron chi connectivity index (χ1n) is 7.12. The smallest absolute Gasteiger partial charge is 0.330 e. The summed E-state index contributed by atoms with van der Waals surface area (Å²) in [7, 11) is 0. The summed E-state index contributed by atoms with van der Waals surface area (Å²) in [4.78, 5) is 44.2. The molecule has 1 aromatic rings. The molecule has 0 unspecified atom stereocenters. The van der Waals surface area contributed by atoms with Crippen LogP contribution >= 0.6 is 0 Å². The summed E-state index contributed by atoms with van der Waals surface area (Å²) in [5.74, 6) is -0.993. The van der Waals surface area contributed by atoms with E-state index in [0.717, 1.165) is 0 Å². The van der Waals surface area contributed by atoms with E-state index >= 15 is 0 Å². The first kappa shape index (κ1) is 18.8. The van der Waals surface area contributed by atoms with Crippen molar-refractivity contribution < 1.29 is 24.5 Å². The van der Waals surface area contributed by atoms with Crippen LogP contribution in [0.15, 0.2) is 21.9 Å². The monoisotopic (exact) mass is 328 g/mol. The van der Waals surface area contributed by atoms with Crippen molar-refractivity contribution in [2.75, 3.05) is 6.61 Å². The normalized spacial score (nSPS) is 19.7. The molecule has 0 bridgehead atoms. The SMILES string of the molecule is CC(=O)CCC(=O)O.O=c1ccn([C@H]2CC[C@@H](CO)O2)c(=O)[nH]1. The Kier molecular flexibility index (Phi) is 7.36. The van der Waals surface area contributed by atoms with E-state index in [2.05, 4.69) is 4.98 Å². The van der Waals surface area contributed by atoms with E-state index in [4.69, 9.17) is 14.9 Å². The Hall–Kier alpha value is -2.26. The van der Waals surface area contributed by atoms with E-state index in [0.29, 0.717) is 12.8 Å². The standard InChI is InChI=1S/C9H12N2O4.C5H8O3/c12-5-6-1-2-8(15-6)11-4-3-7(13)10-9(11)14;1-4(6)2-3-5(7)8/h3-4,6,8,12H,1-2,5H2,(H,10,13,14);2-3H2,1H3,(H,7,8)/t6-,8+;/m0./s1. The van der Waals surface area contributed by atoms with Gasteiger partial charge in [-0.15, -0.1) is 0 Å². The highest BCUT2D eigenvalue weighted by atomic mass is 16.5. The molecule has 23 heavy (non-hydrogen) atoms. The summed E-state index contributed by atoms with van der Waals surface area (Å²) < 4.78 is 6.74. The van der Waals surface area contributed by atoms with E-state index in [1.807, 2.05) is 0 Å². The molecule has 1 aromatic heterocycles. The zero-order valence-corrected chi connectivity index (χ0v) is 12.7. The van der Waals surface area contributed by atoms with Gasteiger partial charge in [-0.2, -0.15) is 0 Å². The number of hydrogen-bond acceptors (Lipinski definition) is 6. The number of nitrogens with one attached hydrogen (secondary N) is 1. The summed E-state index contributed by atoms with van der Waals surface area (Å²) >= 11 is 0. The fraction of sp³-hybridized carbons (Fsp3) is 0.571. The zero-order chi connectivity index (χ0) is 17.4. The Morgan fingerprint density at radius 3 is 2.48 bits per heavy atom. The second-order valence-corrected chi connectivity index (χ2v) is 5.09. The van der Waals surface area contributed by atoms with E-state index in [9.17, 15) is 19.2 Å². The average molecular weight is 328 g/mol. The van der Waals surface area contributed by atoms with Crippen molar-refractivity contribution in [3.8, 4) is 0 Å². The largest absolute Gasteiger partial charge is 0.481 e. The van der Waals surface area contributed by atoms with Gasteiger partial charge in [0.2, 0.25) is 0 Å². The lowest BCUT2D eigenvalue weighted by molar-refractivity contribution is -0.138. The van der Waals surface area contributed by atoms with Crippen LogP contribution in [0.5, 0.6) is 0 Å². The molecule has 0 saturated carbocycles. The predicted molar refractivity (Wildman–Crippen MR) is 79.1 cm³/mol. The quantitative estimate of drug-likeness (QED) is 0.671. The number of hydrogen-bond donors (Lipinski definition) is 3. The van der Waals surface area contributed by atoms with Crippen LogP contribution < -0.4 is 11.2 Å². The first-order chi connectivity index (χ1) is 10.8. The third-order valence-corrected chi connectivity index (χ3v) is 3.14. The summed E-state index contributed by atoms with van der Waals surface area (Å²) in [5.41, 5.74) is -0.904. The van der Waals surface area contributed by atoms with Gasteiger partial charge in [0, 0.05) is 18.7 Å². The number of carbonyl (C=O) groups excluding carboxylic acids is 1. The van der Waals surface area contributed by atoms with Crippen LogP contribution in [0.4, 0.5) is 0 Å². The number of aliphatic hydroxyl groups excluding tert-OH is 1. The number of nitrogens with zero attached hydrogens (tertiary/aromatic N) is 1. The number of rotatable bonds is 5. The fourth-order valence-electron chi connectivity index (χ4n) is 1.96. The molecule has 0 spiro atoms. The highest BCUT2D eigenvalue weighted by molar-refractivity contribution is 5.80. The minimum Gasteiger partial charge on any atom is -0.481 e. The van der Waals surface area contributed by atoms with Crippen LogP contribution in [-0.2, 0) is 14.3 Å². The lowest BCUT2D eigenvalue weighted by atomic mass is 10.2. The van der Waals surface area contributed by atoms with Gasteiger partial charge >= 0.3 is 11.7 Å². The highest BCUT2D eigenvalue weighted by Crippen LogP contribution is 2.26. The summed E-state index contributed by atoms with van der Waals surface area (Å²) in [5, 5.41) is 16.9. The lowest BCUT2D eigenvalue weighted by Crippen LogP contribution is -2.31. The van der Waals surface area contributed by atoms with Crippen LogP contribution in [0.2, 0.25) is 0 Å². The van der Waals surface area contributed by atoms with Gasteiger partial charge in [0.15, 0.2) is 0 Å². The fourth-order valence-corrected chi connectivity index (χ4v) is 1.96. The van der Waals surface area contributed by atoms with Gasteiger partial charge in [-0.05, 0) is 19.8 Å². The van der Waals surface area contributed by atoms with Crippen LogP contribution in [0.25, 0.3) is 0 Å². The van der Waals surface area contributed by atoms with Crippen molar-refractivity contribution in [3.63, 3.8) is 0 Å². The number of H-pyrrole nitrogens is 1. The zero-order valence-electron chi connectivity index (χ0n) is 12.7. The van der Waals surface area contributed by atoms with Crippen LogP contribution in [0.3, 0.4) is 0 Å². The van der Waals surface area contributed by atoms with Gasteiger partial charge in [-0.1, -0.05) is 0 Å². The summed E-state index contributed by atoms with van der Waals surface area (Å²) in [6, 6.07) is 1.27. The van der Waals surface area contributed by atoms with Crippen LogP contribution in [0.1, 0.15) is 38.8 Å². The molecule has 2 heterocycles. The van der Waals surface area contributed by atoms with Crippen molar-refractivity contribution in [2.45, 2.75) is 44.9 Å². The van der Waals surface area contributed by atoms with E-state index in [1.54, 1.807) is 0 Å². The van der Waals surface area contributed by atoms with Crippen molar-refractivity contribution in [1.29, 1.82) is 0 Å². The molecule has 0 radical (unpaired) electrons. The number of aliphatic carboxylic acids is 1. The first-order valence-corrected chi connectivity index (χ1v) is 7.12. The van der Waals surface area contributed by atoms with Crippen LogP contribution in [-0.4, -0.2) is 44.2 Å². The lowest BCUT2D eigenvalue weighted by Gasteiger charge is -2.13. The second-order valence-electron chi connectivity index (χ2n) is 5.09. The molecule has 3 N–H and O–H groups in total. The molecule has 1 aliphatic rings. The number of aliphatic hydroxyl groups is 1. The van der Waals surface area contributed by atoms with E-state index in [-0.39, 0.29) is 37.6 Å². The molecule has 0 aliphatic carbocycles. The maximum Gasteiger partial charge on any atom is 0.330 e. The maximum absolute atomic E-state index is 11.4. The molecule has 2 rings (SSSR count). The molecule has 9 heteroatoms. The number of aromatic amines is 1. The average Bonchev–Trinajstić information content (AvgIpc) is 2.94. The summed E-state index contributed by atoms with van der Waals surface area (Å²) in [6.07, 6.45) is 2.29. The van der Waals surface area contributed by atoms with Crippen molar-refractivity contribution >= 4 is 11.8 Å². The number of ether oxygens (including phenoxy) is 1. The van der Waals surface area contributed by atoms with Crippen molar-refractivity contribution in [3.05, 3.63) is 33.1 Å². The van der Waals surface area contributed by atoms with Gasteiger partial charge in [-0.25, -0.2) is 4.79 Å². The number of aromatic nitrogens is 2.